The van der Waals surface area contributed by atoms with Gasteiger partial charge in [-0.15, -0.1) is 0 Å². The lowest BCUT2D eigenvalue weighted by Crippen LogP contribution is -2.23. The van der Waals surface area contributed by atoms with Gasteiger partial charge >= 0.3 is 0 Å². The predicted molar refractivity (Wildman–Crippen MR) is 72.5 cm³/mol. The Morgan fingerprint density at radius 2 is 2.11 bits per heavy atom. The van der Waals surface area contributed by atoms with Gasteiger partial charge in [0.25, 0.3) is 5.91 Å². The SMILES string of the molecule is Cc1ccccc1CNC(=O)c1ccnc(CO)c1. The molecule has 2 aromatic rings. The van der Waals surface area contributed by atoms with Crippen molar-refractivity contribution in [2.75, 3.05) is 0 Å². The van der Waals surface area contributed by atoms with Crippen molar-refractivity contribution in [3.05, 3.63) is 65.0 Å². The number of nitrogens with zero attached hydrogens (tertiary/aromatic N) is 1. The first-order valence-electron chi connectivity index (χ1n) is 6.09. The van der Waals surface area contributed by atoms with Gasteiger partial charge in [0.1, 0.15) is 0 Å². The fourth-order valence-corrected chi connectivity index (χ4v) is 1.79. The second-order valence-corrected chi connectivity index (χ2v) is 4.30. The third kappa shape index (κ3) is 3.39. The van der Waals surface area contributed by atoms with Crippen LogP contribution in [0.3, 0.4) is 0 Å². The highest BCUT2D eigenvalue weighted by molar-refractivity contribution is 5.94. The molecule has 4 nitrogen and oxygen atoms in total. The number of pyridine rings is 1. The van der Waals surface area contributed by atoms with E-state index < -0.39 is 0 Å². The Kier molecular flexibility index (Phi) is 4.26. The number of amides is 1. The van der Waals surface area contributed by atoms with Gasteiger partial charge < -0.3 is 10.4 Å². The van der Waals surface area contributed by atoms with Crippen LogP contribution < -0.4 is 5.32 Å². The number of hydrogen-bond donors (Lipinski definition) is 2. The molecule has 0 radical (unpaired) electrons. The van der Waals surface area contributed by atoms with E-state index in [0.717, 1.165) is 11.1 Å². The zero-order valence-corrected chi connectivity index (χ0v) is 10.8. The van der Waals surface area contributed by atoms with Crippen LogP contribution in [-0.2, 0) is 13.2 Å². The molecule has 0 atom stereocenters. The highest BCUT2D eigenvalue weighted by atomic mass is 16.3. The van der Waals surface area contributed by atoms with Crippen LogP contribution in [0.1, 0.15) is 27.2 Å². The first-order chi connectivity index (χ1) is 9.20. The van der Waals surface area contributed by atoms with Crippen LogP contribution in [0.2, 0.25) is 0 Å². The van der Waals surface area contributed by atoms with Crippen molar-refractivity contribution in [3.8, 4) is 0 Å². The molecule has 0 aliphatic rings. The van der Waals surface area contributed by atoms with Gasteiger partial charge in [-0.1, -0.05) is 24.3 Å². The highest BCUT2D eigenvalue weighted by Crippen LogP contribution is 2.07. The average molecular weight is 256 g/mol. The van der Waals surface area contributed by atoms with Crippen LogP contribution in [-0.4, -0.2) is 16.0 Å². The van der Waals surface area contributed by atoms with E-state index in [1.54, 1.807) is 12.1 Å². The first-order valence-corrected chi connectivity index (χ1v) is 6.09. The lowest BCUT2D eigenvalue weighted by molar-refractivity contribution is 0.0950. The van der Waals surface area contributed by atoms with Gasteiger partial charge in [-0.3, -0.25) is 9.78 Å². The fraction of sp³-hybridized carbons (Fsp3) is 0.200. The van der Waals surface area contributed by atoms with E-state index in [0.29, 0.717) is 17.8 Å². The molecule has 1 aromatic carbocycles. The summed E-state index contributed by atoms with van der Waals surface area (Å²) < 4.78 is 0. The minimum Gasteiger partial charge on any atom is -0.390 e. The second kappa shape index (κ2) is 6.11. The number of carbonyl (C=O) groups is 1. The molecule has 0 fully saturated rings. The van der Waals surface area contributed by atoms with Crippen molar-refractivity contribution < 1.29 is 9.90 Å². The van der Waals surface area contributed by atoms with Gasteiger partial charge in [-0.2, -0.15) is 0 Å². The van der Waals surface area contributed by atoms with Gasteiger partial charge in [0, 0.05) is 18.3 Å². The van der Waals surface area contributed by atoms with Crippen LogP contribution in [0.15, 0.2) is 42.6 Å². The minimum absolute atomic E-state index is 0.166. The number of benzene rings is 1. The van der Waals surface area contributed by atoms with E-state index >= 15 is 0 Å². The topological polar surface area (TPSA) is 62.2 Å². The summed E-state index contributed by atoms with van der Waals surface area (Å²) in [6, 6.07) is 11.1. The molecule has 2 N–H and O–H groups in total. The van der Waals surface area contributed by atoms with Gasteiger partial charge in [0.05, 0.1) is 12.3 Å². The zero-order chi connectivity index (χ0) is 13.7. The summed E-state index contributed by atoms with van der Waals surface area (Å²) in [4.78, 5) is 15.9. The molecule has 0 saturated heterocycles. The Balaban J connectivity index is 2.03. The maximum absolute atomic E-state index is 12.0. The summed E-state index contributed by atoms with van der Waals surface area (Å²) in [6.45, 7) is 2.33. The number of aryl methyl sites for hydroxylation is 1. The molecule has 19 heavy (non-hydrogen) atoms. The molecule has 0 bridgehead atoms. The Labute approximate surface area is 112 Å². The summed E-state index contributed by atoms with van der Waals surface area (Å²) in [5, 5.41) is 11.9. The molecule has 0 spiro atoms. The third-order valence-corrected chi connectivity index (χ3v) is 2.94. The normalized spacial score (nSPS) is 10.2. The molecule has 1 aromatic heterocycles. The largest absolute Gasteiger partial charge is 0.390 e. The van der Waals surface area contributed by atoms with Crippen molar-refractivity contribution in [1.82, 2.24) is 10.3 Å². The summed E-state index contributed by atoms with van der Waals surface area (Å²) in [5.74, 6) is -0.166. The van der Waals surface area contributed by atoms with Gasteiger partial charge in [-0.05, 0) is 30.2 Å². The molecule has 98 valence electrons. The van der Waals surface area contributed by atoms with E-state index in [2.05, 4.69) is 10.3 Å². The van der Waals surface area contributed by atoms with Crippen molar-refractivity contribution >= 4 is 5.91 Å². The molecular formula is C15H16N2O2. The number of aliphatic hydroxyl groups is 1. The van der Waals surface area contributed by atoms with E-state index in [1.165, 1.54) is 6.20 Å². The molecule has 0 unspecified atom stereocenters. The second-order valence-electron chi connectivity index (χ2n) is 4.30. The lowest BCUT2D eigenvalue weighted by atomic mass is 10.1. The molecular weight excluding hydrogens is 240 g/mol. The predicted octanol–water partition coefficient (Wildman–Crippen LogP) is 1.81. The Bertz CT molecular complexity index is 582. The molecule has 0 saturated carbocycles. The third-order valence-electron chi connectivity index (χ3n) is 2.94. The number of carbonyl (C=O) groups excluding carboxylic acids is 1. The minimum atomic E-state index is -0.168. The molecule has 4 heteroatoms. The molecule has 0 aliphatic carbocycles. The summed E-state index contributed by atoms with van der Waals surface area (Å²) in [7, 11) is 0. The van der Waals surface area contributed by atoms with Gasteiger partial charge in [0.15, 0.2) is 0 Å². The summed E-state index contributed by atoms with van der Waals surface area (Å²) >= 11 is 0. The van der Waals surface area contributed by atoms with Crippen LogP contribution in [0.5, 0.6) is 0 Å². The van der Waals surface area contributed by atoms with Gasteiger partial charge in [-0.25, -0.2) is 0 Å². The molecule has 1 heterocycles. The number of rotatable bonds is 4. The number of hydrogen-bond acceptors (Lipinski definition) is 3. The van der Waals surface area contributed by atoms with E-state index in [1.807, 2.05) is 31.2 Å². The van der Waals surface area contributed by atoms with Crippen molar-refractivity contribution in [1.29, 1.82) is 0 Å². The number of nitrogens with one attached hydrogen (secondary N) is 1. The molecule has 2 rings (SSSR count). The monoisotopic (exact) mass is 256 g/mol. The van der Waals surface area contributed by atoms with Crippen molar-refractivity contribution in [2.45, 2.75) is 20.1 Å². The quantitative estimate of drug-likeness (QED) is 0.877. The lowest BCUT2D eigenvalue weighted by Gasteiger charge is -2.08. The standard InChI is InChI=1S/C15H16N2O2/c1-11-4-2-3-5-13(11)9-17-15(19)12-6-7-16-14(8-12)10-18/h2-8,18H,9-10H2,1H3,(H,17,19). The molecule has 0 aliphatic heterocycles. The van der Waals surface area contributed by atoms with Crippen LogP contribution in [0, 0.1) is 6.92 Å². The van der Waals surface area contributed by atoms with E-state index in [4.69, 9.17) is 5.11 Å². The Morgan fingerprint density at radius 1 is 1.32 bits per heavy atom. The number of aliphatic hydroxyl groups excluding tert-OH is 1. The van der Waals surface area contributed by atoms with Crippen LogP contribution in [0.4, 0.5) is 0 Å². The smallest absolute Gasteiger partial charge is 0.251 e. The maximum Gasteiger partial charge on any atom is 0.251 e. The van der Waals surface area contributed by atoms with Gasteiger partial charge in [0.2, 0.25) is 0 Å². The number of aromatic nitrogens is 1. The average Bonchev–Trinajstić information content (AvgIpc) is 2.46. The summed E-state index contributed by atoms with van der Waals surface area (Å²) in [6.07, 6.45) is 1.52. The summed E-state index contributed by atoms with van der Waals surface area (Å²) in [5.41, 5.74) is 3.23. The van der Waals surface area contributed by atoms with Crippen LogP contribution >= 0.6 is 0 Å². The Hall–Kier alpha value is -2.20. The zero-order valence-electron chi connectivity index (χ0n) is 10.8. The van der Waals surface area contributed by atoms with E-state index in [9.17, 15) is 4.79 Å². The van der Waals surface area contributed by atoms with Crippen molar-refractivity contribution in [3.63, 3.8) is 0 Å². The molecule has 1 amide bonds. The Morgan fingerprint density at radius 3 is 2.84 bits per heavy atom. The van der Waals surface area contributed by atoms with E-state index in [-0.39, 0.29) is 12.5 Å². The highest BCUT2D eigenvalue weighted by Gasteiger charge is 2.07. The van der Waals surface area contributed by atoms with Crippen LogP contribution in [0.25, 0.3) is 0 Å². The van der Waals surface area contributed by atoms with Crippen molar-refractivity contribution in [2.24, 2.45) is 0 Å². The maximum atomic E-state index is 12.0. The fourth-order valence-electron chi connectivity index (χ4n) is 1.79. The first kappa shape index (κ1) is 13.2.